The number of hydrogen-bond donors (Lipinski definition) is 0. The van der Waals surface area contributed by atoms with Gasteiger partial charge in [0.15, 0.2) is 4.80 Å². The minimum absolute atomic E-state index is 0.0183. The van der Waals surface area contributed by atoms with Crippen LogP contribution in [0, 0.1) is 20.8 Å². The van der Waals surface area contributed by atoms with E-state index in [-0.39, 0.29) is 11.6 Å². The first-order valence-electron chi connectivity index (χ1n) is 14.0. The highest BCUT2D eigenvalue weighted by Crippen LogP contribution is 2.43. The van der Waals surface area contributed by atoms with Crippen molar-refractivity contribution in [3.05, 3.63) is 143 Å². The number of nitrogens with zero attached hydrogens (tertiary/aromatic N) is 3. The maximum absolute atomic E-state index is 14.2. The number of methoxy groups -OCH3 is 1. The van der Waals surface area contributed by atoms with Crippen molar-refractivity contribution in [1.29, 1.82) is 0 Å². The number of rotatable bonds is 4. The zero-order chi connectivity index (χ0) is 28.2. The molecule has 0 bridgehead atoms. The summed E-state index contributed by atoms with van der Waals surface area (Å²) in [5.74, 6) is 0.779. The van der Waals surface area contributed by atoms with Gasteiger partial charge in [0.25, 0.3) is 5.56 Å². The first-order chi connectivity index (χ1) is 19.9. The van der Waals surface area contributed by atoms with Crippen LogP contribution in [-0.2, 0) is 6.42 Å². The molecule has 6 heteroatoms. The van der Waals surface area contributed by atoms with Crippen LogP contribution in [0.25, 0.3) is 17.5 Å². The lowest BCUT2D eigenvalue weighted by atomic mass is 9.83. The van der Waals surface area contributed by atoms with Crippen molar-refractivity contribution in [3.63, 3.8) is 0 Å². The second-order valence-corrected chi connectivity index (χ2v) is 11.9. The van der Waals surface area contributed by atoms with Gasteiger partial charge in [-0.3, -0.25) is 9.36 Å². The van der Waals surface area contributed by atoms with Gasteiger partial charge in [0.05, 0.1) is 23.4 Å². The third kappa shape index (κ3) is 4.13. The number of allylic oxidation sites excluding steroid dienone is 1. The van der Waals surface area contributed by atoms with Gasteiger partial charge in [-0.15, -0.1) is 0 Å². The molecule has 0 saturated carbocycles. The third-order valence-corrected chi connectivity index (χ3v) is 9.34. The normalized spacial score (nSPS) is 16.2. The molecule has 204 valence electrons. The van der Waals surface area contributed by atoms with Crippen molar-refractivity contribution in [2.24, 2.45) is 4.99 Å². The van der Waals surface area contributed by atoms with Crippen LogP contribution in [0.4, 0.5) is 0 Å². The van der Waals surface area contributed by atoms with Crippen molar-refractivity contribution in [2.45, 2.75) is 39.7 Å². The molecule has 3 aromatic carbocycles. The fourth-order valence-electron chi connectivity index (χ4n) is 6.36. The summed E-state index contributed by atoms with van der Waals surface area (Å²) in [6, 6.07) is 27.0. The van der Waals surface area contributed by atoms with Gasteiger partial charge in [0.1, 0.15) is 5.75 Å². The van der Waals surface area contributed by atoms with Crippen LogP contribution in [0.2, 0.25) is 0 Å². The summed E-state index contributed by atoms with van der Waals surface area (Å²) in [5.41, 5.74) is 11.2. The number of thiazole rings is 1. The Kier molecular flexibility index (Phi) is 6.16. The number of hydrogen-bond acceptors (Lipinski definition) is 4. The lowest BCUT2D eigenvalue weighted by Gasteiger charge is -2.31. The van der Waals surface area contributed by atoms with Crippen LogP contribution >= 0.6 is 11.3 Å². The SMILES string of the molecule is COc1ccccc1[C@H]1C2=C(N=c3s/c(=C/c4cc(C)n(-c5ccc(C)cc5)c4C)c(=O)n31)c1ccccc1CC2. The molecule has 0 amide bonds. The topological polar surface area (TPSA) is 48.5 Å². The number of benzene rings is 3. The highest BCUT2D eigenvalue weighted by molar-refractivity contribution is 7.07. The molecule has 2 aromatic heterocycles. The molecule has 0 spiro atoms. The van der Waals surface area contributed by atoms with Gasteiger partial charge in [0.2, 0.25) is 0 Å². The standard InChI is InChI=1S/C35H31N3O2S/c1-21-13-16-26(17-14-21)37-22(2)19-25(23(37)3)20-31-34(39)38-33(28-11-7-8-12-30(28)40-4)29-18-15-24-9-5-6-10-27(24)32(29)36-35(38)41-31/h5-14,16-17,19-20,33H,15,18H2,1-4H3/b31-20+/t33-/m0/s1. The molecule has 3 heterocycles. The molecule has 1 atom stereocenters. The highest BCUT2D eigenvalue weighted by Gasteiger charge is 2.34. The fraction of sp³-hybridized carbons (Fsp3) is 0.200. The number of aromatic nitrogens is 2. The first-order valence-corrected chi connectivity index (χ1v) is 14.8. The van der Waals surface area contributed by atoms with Crippen molar-refractivity contribution in [1.82, 2.24) is 9.13 Å². The summed E-state index contributed by atoms with van der Waals surface area (Å²) in [7, 11) is 1.69. The monoisotopic (exact) mass is 557 g/mol. The van der Waals surface area contributed by atoms with E-state index in [4.69, 9.17) is 9.73 Å². The molecule has 5 nitrogen and oxygen atoms in total. The number of ether oxygens (including phenoxy) is 1. The van der Waals surface area contributed by atoms with E-state index < -0.39 is 0 Å². The van der Waals surface area contributed by atoms with E-state index >= 15 is 0 Å². The summed E-state index contributed by atoms with van der Waals surface area (Å²) >= 11 is 1.46. The Labute approximate surface area is 243 Å². The van der Waals surface area contributed by atoms with Gasteiger partial charge in [-0.2, -0.15) is 0 Å². The van der Waals surface area contributed by atoms with Crippen LogP contribution in [0.1, 0.15) is 51.7 Å². The molecule has 1 aliphatic heterocycles. The number of fused-ring (bicyclic) bond motifs is 3. The second-order valence-electron chi connectivity index (χ2n) is 10.9. The molecule has 0 N–H and O–H groups in total. The Morgan fingerprint density at radius 1 is 0.951 bits per heavy atom. The Bertz CT molecular complexity index is 2040. The fourth-order valence-corrected chi connectivity index (χ4v) is 7.35. The molecule has 1 aliphatic carbocycles. The van der Waals surface area contributed by atoms with Crippen LogP contribution in [-0.4, -0.2) is 16.2 Å². The molecule has 41 heavy (non-hydrogen) atoms. The molecule has 0 unspecified atom stereocenters. The summed E-state index contributed by atoms with van der Waals surface area (Å²) < 4.78 is 10.6. The summed E-state index contributed by atoms with van der Waals surface area (Å²) in [5, 5.41) is 0. The molecule has 0 fully saturated rings. The molecule has 0 saturated heterocycles. The van der Waals surface area contributed by atoms with Gasteiger partial charge in [-0.1, -0.05) is 71.5 Å². The van der Waals surface area contributed by atoms with Crippen LogP contribution in [0.5, 0.6) is 5.75 Å². The maximum atomic E-state index is 14.2. The predicted octanol–water partition coefficient (Wildman–Crippen LogP) is 6.04. The van der Waals surface area contributed by atoms with Gasteiger partial charge < -0.3 is 9.30 Å². The molecule has 2 aliphatic rings. The quantitative estimate of drug-likeness (QED) is 0.270. The lowest BCUT2D eigenvalue weighted by Crippen LogP contribution is -2.39. The van der Waals surface area contributed by atoms with E-state index in [2.05, 4.69) is 86.0 Å². The Balaban J connectivity index is 1.45. The average Bonchev–Trinajstić information content (AvgIpc) is 3.45. The van der Waals surface area contributed by atoms with Crippen molar-refractivity contribution >= 4 is 23.1 Å². The minimum atomic E-state index is -0.270. The van der Waals surface area contributed by atoms with Gasteiger partial charge in [0, 0.05) is 28.2 Å². The van der Waals surface area contributed by atoms with E-state index in [0.717, 1.165) is 62.9 Å². The molecule has 7 rings (SSSR count). The number of aryl methyl sites for hydroxylation is 3. The second kappa shape index (κ2) is 9.89. The van der Waals surface area contributed by atoms with E-state index in [1.54, 1.807) is 7.11 Å². The van der Waals surface area contributed by atoms with Crippen molar-refractivity contribution in [3.8, 4) is 11.4 Å². The van der Waals surface area contributed by atoms with Gasteiger partial charge in [-0.05, 0) is 80.7 Å². The maximum Gasteiger partial charge on any atom is 0.271 e. The van der Waals surface area contributed by atoms with Crippen molar-refractivity contribution < 1.29 is 4.74 Å². The zero-order valence-electron chi connectivity index (χ0n) is 23.6. The largest absolute Gasteiger partial charge is 0.496 e. The van der Waals surface area contributed by atoms with E-state index in [0.29, 0.717) is 4.53 Å². The summed E-state index contributed by atoms with van der Waals surface area (Å²) in [6.45, 7) is 6.32. The average molecular weight is 558 g/mol. The summed E-state index contributed by atoms with van der Waals surface area (Å²) in [4.78, 5) is 20.1. The van der Waals surface area contributed by atoms with Crippen LogP contribution in [0.15, 0.2) is 94.2 Å². The molecule has 5 aromatic rings. The Hall–Kier alpha value is -4.42. The van der Waals surface area contributed by atoms with E-state index in [1.165, 1.54) is 28.0 Å². The molecular weight excluding hydrogens is 526 g/mol. The van der Waals surface area contributed by atoms with Crippen LogP contribution in [0.3, 0.4) is 0 Å². The first kappa shape index (κ1) is 25.5. The highest BCUT2D eigenvalue weighted by atomic mass is 32.1. The van der Waals surface area contributed by atoms with E-state index in [1.807, 2.05) is 28.8 Å². The molecule has 0 radical (unpaired) electrons. The Morgan fingerprint density at radius 3 is 2.51 bits per heavy atom. The predicted molar refractivity (Wildman–Crippen MR) is 166 cm³/mol. The number of para-hydroxylation sites is 1. The zero-order valence-corrected chi connectivity index (χ0v) is 24.5. The van der Waals surface area contributed by atoms with Crippen LogP contribution < -0.4 is 19.6 Å². The van der Waals surface area contributed by atoms with E-state index in [9.17, 15) is 4.79 Å². The third-order valence-electron chi connectivity index (χ3n) is 8.36. The molecular formula is C35H31N3O2S. The smallest absolute Gasteiger partial charge is 0.271 e. The lowest BCUT2D eigenvalue weighted by molar-refractivity contribution is 0.402. The van der Waals surface area contributed by atoms with Gasteiger partial charge >= 0.3 is 0 Å². The van der Waals surface area contributed by atoms with Crippen molar-refractivity contribution in [2.75, 3.05) is 7.11 Å². The minimum Gasteiger partial charge on any atom is -0.496 e. The summed E-state index contributed by atoms with van der Waals surface area (Å²) in [6.07, 6.45) is 3.80. The van der Waals surface area contributed by atoms with Gasteiger partial charge in [-0.25, -0.2) is 4.99 Å². The Morgan fingerprint density at radius 2 is 1.71 bits per heavy atom.